The standard InChI is InChI=1S/C7H14N4/c1-7(2,3)5-6-8-9-10-11(6)4/h5H2,1-4H3. The minimum atomic E-state index is 0.252. The molecule has 0 fully saturated rings. The van der Waals surface area contributed by atoms with Gasteiger partial charge in [0.15, 0.2) is 5.82 Å². The lowest BCUT2D eigenvalue weighted by Gasteiger charge is -2.15. The molecule has 1 aromatic heterocycles. The molecule has 0 unspecified atom stereocenters. The van der Waals surface area contributed by atoms with E-state index in [9.17, 15) is 0 Å². The maximum atomic E-state index is 3.90. The average Bonchev–Trinajstić information content (AvgIpc) is 2.12. The normalized spacial score (nSPS) is 12.0. The van der Waals surface area contributed by atoms with Crippen LogP contribution in [0.1, 0.15) is 26.6 Å². The second kappa shape index (κ2) is 2.60. The van der Waals surface area contributed by atoms with E-state index in [2.05, 4.69) is 36.3 Å². The molecule has 0 aliphatic heterocycles. The lowest BCUT2D eigenvalue weighted by atomic mass is 9.92. The van der Waals surface area contributed by atoms with Crippen LogP contribution in [-0.4, -0.2) is 20.2 Å². The third kappa shape index (κ3) is 2.29. The fourth-order valence-corrected chi connectivity index (χ4v) is 0.872. The van der Waals surface area contributed by atoms with Crippen molar-refractivity contribution in [1.29, 1.82) is 0 Å². The molecule has 0 atom stereocenters. The summed E-state index contributed by atoms with van der Waals surface area (Å²) in [5.41, 5.74) is 0.252. The highest BCUT2D eigenvalue weighted by atomic mass is 15.5. The first kappa shape index (κ1) is 8.17. The van der Waals surface area contributed by atoms with Gasteiger partial charge in [0.2, 0.25) is 0 Å². The second-order valence-electron chi connectivity index (χ2n) is 3.96. The third-order valence-electron chi connectivity index (χ3n) is 1.40. The molecule has 62 valence electrons. The zero-order valence-electron chi connectivity index (χ0n) is 7.50. The van der Waals surface area contributed by atoms with Crippen LogP contribution in [0, 0.1) is 5.41 Å². The third-order valence-corrected chi connectivity index (χ3v) is 1.40. The number of hydrogen-bond donors (Lipinski definition) is 0. The maximum absolute atomic E-state index is 3.90. The maximum Gasteiger partial charge on any atom is 0.151 e. The molecule has 0 spiro atoms. The van der Waals surface area contributed by atoms with Crippen LogP contribution in [0.5, 0.6) is 0 Å². The first-order valence-corrected chi connectivity index (χ1v) is 3.70. The van der Waals surface area contributed by atoms with E-state index in [1.165, 1.54) is 0 Å². The Morgan fingerprint density at radius 1 is 1.36 bits per heavy atom. The zero-order chi connectivity index (χ0) is 8.48. The molecule has 0 aromatic carbocycles. The van der Waals surface area contributed by atoms with Crippen molar-refractivity contribution in [3.8, 4) is 0 Å². The number of tetrazole rings is 1. The monoisotopic (exact) mass is 154 g/mol. The minimum absolute atomic E-state index is 0.252. The van der Waals surface area contributed by atoms with Crippen molar-refractivity contribution in [1.82, 2.24) is 20.2 Å². The summed E-state index contributed by atoms with van der Waals surface area (Å²) in [6.07, 6.45) is 0.913. The molecule has 0 saturated heterocycles. The molecular formula is C7H14N4. The lowest BCUT2D eigenvalue weighted by molar-refractivity contribution is 0.392. The topological polar surface area (TPSA) is 43.6 Å². The summed E-state index contributed by atoms with van der Waals surface area (Å²) in [5, 5.41) is 11.2. The quantitative estimate of drug-likeness (QED) is 0.601. The molecule has 1 aromatic rings. The molecule has 0 radical (unpaired) electrons. The number of nitrogens with zero attached hydrogens (tertiary/aromatic N) is 4. The van der Waals surface area contributed by atoms with E-state index in [0.29, 0.717) is 0 Å². The Hall–Kier alpha value is -0.930. The van der Waals surface area contributed by atoms with Crippen LogP contribution >= 0.6 is 0 Å². The van der Waals surface area contributed by atoms with E-state index in [-0.39, 0.29) is 5.41 Å². The highest BCUT2D eigenvalue weighted by Crippen LogP contribution is 2.17. The summed E-state index contributed by atoms with van der Waals surface area (Å²) >= 11 is 0. The van der Waals surface area contributed by atoms with Crippen LogP contribution in [0.2, 0.25) is 0 Å². The molecule has 0 saturated carbocycles. The van der Waals surface area contributed by atoms with Crippen molar-refractivity contribution in [2.45, 2.75) is 27.2 Å². The van der Waals surface area contributed by atoms with Gasteiger partial charge in [-0.05, 0) is 15.8 Å². The molecular weight excluding hydrogens is 140 g/mol. The van der Waals surface area contributed by atoms with Crippen molar-refractivity contribution >= 4 is 0 Å². The Labute approximate surface area is 66.6 Å². The molecule has 0 aliphatic rings. The Morgan fingerprint density at radius 2 is 2.00 bits per heavy atom. The van der Waals surface area contributed by atoms with Crippen molar-refractivity contribution < 1.29 is 0 Å². The number of rotatable bonds is 1. The molecule has 4 heteroatoms. The molecule has 0 bridgehead atoms. The van der Waals surface area contributed by atoms with Crippen LogP contribution in [-0.2, 0) is 13.5 Å². The summed E-state index contributed by atoms with van der Waals surface area (Å²) in [7, 11) is 1.86. The van der Waals surface area contributed by atoms with Gasteiger partial charge in [0, 0.05) is 13.5 Å². The average molecular weight is 154 g/mol. The summed E-state index contributed by atoms with van der Waals surface area (Å²) in [6.45, 7) is 6.51. The van der Waals surface area contributed by atoms with Gasteiger partial charge in [-0.2, -0.15) is 0 Å². The van der Waals surface area contributed by atoms with E-state index in [4.69, 9.17) is 0 Å². The summed E-state index contributed by atoms with van der Waals surface area (Å²) in [6, 6.07) is 0. The highest BCUT2D eigenvalue weighted by Gasteiger charge is 2.14. The zero-order valence-corrected chi connectivity index (χ0v) is 7.50. The summed E-state index contributed by atoms with van der Waals surface area (Å²) < 4.78 is 1.71. The predicted octanol–water partition coefficient (Wildman–Crippen LogP) is 0.799. The molecule has 0 amide bonds. The number of aromatic nitrogens is 4. The molecule has 0 N–H and O–H groups in total. The number of hydrogen-bond acceptors (Lipinski definition) is 3. The molecule has 0 aliphatic carbocycles. The minimum Gasteiger partial charge on any atom is -0.233 e. The Balaban J connectivity index is 2.72. The highest BCUT2D eigenvalue weighted by molar-refractivity contribution is 4.85. The van der Waals surface area contributed by atoms with Gasteiger partial charge in [0.05, 0.1) is 0 Å². The van der Waals surface area contributed by atoms with Crippen LogP contribution in [0.3, 0.4) is 0 Å². The fourth-order valence-electron chi connectivity index (χ4n) is 0.872. The van der Waals surface area contributed by atoms with Gasteiger partial charge in [-0.25, -0.2) is 4.68 Å². The van der Waals surface area contributed by atoms with E-state index in [0.717, 1.165) is 12.2 Å². The van der Waals surface area contributed by atoms with Crippen molar-refractivity contribution in [2.24, 2.45) is 12.5 Å². The van der Waals surface area contributed by atoms with Crippen LogP contribution in [0.25, 0.3) is 0 Å². The Bertz CT molecular complexity index is 233. The van der Waals surface area contributed by atoms with Gasteiger partial charge in [0.1, 0.15) is 0 Å². The fraction of sp³-hybridized carbons (Fsp3) is 0.857. The van der Waals surface area contributed by atoms with Crippen molar-refractivity contribution in [2.75, 3.05) is 0 Å². The van der Waals surface area contributed by atoms with Gasteiger partial charge >= 0.3 is 0 Å². The van der Waals surface area contributed by atoms with Gasteiger partial charge in [0.25, 0.3) is 0 Å². The first-order chi connectivity index (χ1) is 4.99. The predicted molar refractivity (Wildman–Crippen MR) is 42.0 cm³/mol. The second-order valence-corrected chi connectivity index (χ2v) is 3.96. The molecule has 4 nitrogen and oxygen atoms in total. The largest absolute Gasteiger partial charge is 0.233 e. The van der Waals surface area contributed by atoms with Crippen LogP contribution in [0.15, 0.2) is 0 Å². The van der Waals surface area contributed by atoms with Crippen LogP contribution < -0.4 is 0 Å². The van der Waals surface area contributed by atoms with Crippen LogP contribution in [0.4, 0.5) is 0 Å². The van der Waals surface area contributed by atoms with Gasteiger partial charge in [-0.1, -0.05) is 20.8 Å². The van der Waals surface area contributed by atoms with Gasteiger partial charge in [-0.15, -0.1) is 5.10 Å². The van der Waals surface area contributed by atoms with E-state index in [1.807, 2.05) is 7.05 Å². The Morgan fingerprint density at radius 3 is 2.36 bits per heavy atom. The van der Waals surface area contributed by atoms with Gasteiger partial charge < -0.3 is 0 Å². The Kier molecular flexibility index (Phi) is 1.93. The van der Waals surface area contributed by atoms with E-state index >= 15 is 0 Å². The molecule has 11 heavy (non-hydrogen) atoms. The number of aryl methyl sites for hydroxylation is 1. The van der Waals surface area contributed by atoms with Crippen molar-refractivity contribution in [3.63, 3.8) is 0 Å². The molecule has 1 heterocycles. The lowest BCUT2D eigenvalue weighted by Crippen LogP contribution is -2.13. The van der Waals surface area contributed by atoms with E-state index in [1.54, 1.807) is 4.68 Å². The SMILES string of the molecule is Cn1nnnc1CC(C)(C)C. The van der Waals surface area contributed by atoms with Crippen molar-refractivity contribution in [3.05, 3.63) is 5.82 Å². The van der Waals surface area contributed by atoms with Gasteiger partial charge in [-0.3, -0.25) is 0 Å². The summed E-state index contributed by atoms with van der Waals surface area (Å²) in [5.74, 6) is 0.942. The summed E-state index contributed by atoms with van der Waals surface area (Å²) in [4.78, 5) is 0. The first-order valence-electron chi connectivity index (χ1n) is 3.70. The molecule has 1 rings (SSSR count). The smallest absolute Gasteiger partial charge is 0.151 e. The van der Waals surface area contributed by atoms with E-state index < -0.39 is 0 Å².